The smallest absolute Gasteiger partial charge is 0.426 e. The Hall–Kier alpha value is -2.57. The van der Waals surface area contributed by atoms with Crippen LogP contribution in [0, 0.1) is 0 Å². The Morgan fingerprint density at radius 1 is 1.23 bits per heavy atom. The van der Waals surface area contributed by atoms with Crippen molar-refractivity contribution < 1.29 is 29.2 Å². The molecule has 1 saturated heterocycles. The van der Waals surface area contributed by atoms with Crippen LogP contribution in [0.4, 0.5) is 0 Å². The largest absolute Gasteiger partial charge is 0.475 e. The molecule has 0 aliphatic carbocycles. The van der Waals surface area contributed by atoms with Crippen molar-refractivity contribution in [3.63, 3.8) is 0 Å². The summed E-state index contributed by atoms with van der Waals surface area (Å²) in [6.07, 6.45) is 5.54. The van der Waals surface area contributed by atoms with Crippen LogP contribution in [0.3, 0.4) is 0 Å². The van der Waals surface area contributed by atoms with Crippen LogP contribution in [-0.4, -0.2) is 88.0 Å². The molecule has 2 heterocycles. The number of amides is 3. The number of hydrogen-bond donors (Lipinski definition) is 4. The van der Waals surface area contributed by atoms with Crippen LogP contribution in [0.15, 0.2) is 18.6 Å². The van der Waals surface area contributed by atoms with Crippen LogP contribution in [0.1, 0.15) is 43.1 Å². The maximum atomic E-state index is 12.8. The fourth-order valence-corrected chi connectivity index (χ4v) is 2.98. The highest BCUT2D eigenvalue weighted by atomic mass is 16.5. The number of carbonyl (C=O) groups is 3. The SMILES string of the molecule is CCCC[C@H](NC(=O)[C@@H](CC(=O)N1CCOCC1)NC(=O)c1cnccn1)B(O)O. The Bertz CT molecular complexity index is 702. The molecule has 0 bridgehead atoms. The Balaban J connectivity index is 2.10. The van der Waals surface area contributed by atoms with E-state index in [1.54, 1.807) is 4.90 Å². The second-order valence-corrected chi connectivity index (χ2v) is 6.98. The van der Waals surface area contributed by atoms with Crippen LogP contribution in [0.25, 0.3) is 0 Å². The predicted octanol–water partition coefficient (Wildman–Crippen LogP) is -1.49. The van der Waals surface area contributed by atoms with E-state index >= 15 is 0 Å². The lowest BCUT2D eigenvalue weighted by atomic mass is 9.76. The first-order chi connectivity index (χ1) is 14.4. The molecular weight excluding hydrogens is 393 g/mol. The summed E-state index contributed by atoms with van der Waals surface area (Å²) in [6.45, 7) is 3.56. The molecule has 0 radical (unpaired) electrons. The first-order valence-electron chi connectivity index (χ1n) is 10.0. The normalized spacial score (nSPS) is 15.8. The van der Waals surface area contributed by atoms with Crippen molar-refractivity contribution in [2.45, 2.75) is 44.6 Å². The summed E-state index contributed by atoms with van der Waals surface area (Å²) < 4.78 is 5.23. The Labute approximate surface area is 175 Å². The number of aromatic nitrogens is 2. The van der Waals surface area contributed by atoms with Gasteiger partial charge in [-0.1, -0.05) is 19.8 Å². The van der Waals surface area contributed by atoms with E-state index < -0.39 is 30.9 Å². The number of nitrogens with zero attached hydrogens (tertiary/aromatic N) is 3. The number of ether oxygens (including phenoxy) is 1. The molecule has 0 aromatic carbocycles. The van der Waals surface area contributed by atoms with Gasteiger partial charge >= 0.3 is 7.12 Å². The predicted molar refractivity (Wildman–Crippen MR) is 107 cm³/mol. The zero-order chi connectivity index (χ0) is 21.9. The standard InChI is InChI=1S/C18H28BN5O6/c1-2-3-4-15(19(28)29)23-17(26)13(11-16(25)24-7-9-30-10-8-24)22-18(27)14-12-20-5-6-21-14/h5-6,12-13,15,28-29H,2-4,7-11H2,1H3,(H,22,27)(H,23,26)/t13-,15+/m1/s1. The molecule has 1 fully saturated rings. The van der Waals surface area contributed by atoms with Crippen LogP contribution in [-0.2, 0) is 14.3 Å². The Kier molecular flexibility index (Phi) is 9.65. The maximum Gasteiger partial charge on any atom is 0.475 e. The topological polar surface area (TPSA) is 154 Å². The summed E-state index contributed by atoms with van der Waals surface area (Å²) >= 11 is 0. The third-order valence-electron chi connectivity index (χ3n) is 4.72. The van der Waals surface area contributed by atoms with Crippen LogP contribution >= 0.6 is 0 Å². The number of rotatable bonds is 10. The average molecular weight is 421 g/mol. The number of unbranched alkanes of at least 4 members (excludes halogenated alkanes) is 1. The third kappa shape index (κ3) is 7.36. The van der Waals surface area contributed by atoms with Gasteiger partial charge in [0.2, 0.25) is 11.8 Å². The summed E-state index contributed by atoms with van der Waals surface area (Å²) in [7, 11) is -1.76. The van der Waals surface area contributed by atoms with Gasteiger partial charge in [-0.05, 0) is 6.42 Å². The van der Waals surface area contributed by atoms with Crippen molar-refractivity contribution in [1.29, 1.82) is 0 Å². The van der Waals surface area contributed by atoms with E-state index in [0.717, 1.165) is 6.42 Å². The molecule has 4 N–H and O–H groups in total. The summed E-state index contributed by atoms with van der Waals surface area (Å²) in [5, 5.41) is 24.2. The Morgan fingerprint density at radius 2 is 1.97 bits per heavy atom. The fraction of sp³-hybridized carbons (Fsp3) is 0.611. The highest BCUT2D eigenvalue weighted by Gasteiger charge is 2.32. The number of hydrogen-bond acceptors (Lipinski definition) is 8. The van der Waals surface area contributed by atoms with Gasteiger partial charge in [-0.25, -0.2) is 4.98 Å². The summed E-state index contributed by atoms with van der Waals surface area (Å²) in [5.41, 5.74) is -0.00107. The fourth-order valence-electron chi connectivity index (χ4n) is 2.98. The van der Waals surface area contributed by atoms with Gasteiger partial charge in [0.25, 0.3) is 5.91 Å². The lowest BCUT2D eigenvalue weighted by Crippen LogP contribution is -2.55. The highest BCUT2D eigenvalue weighted by Crippen LogP contribution is 2.07. The molecule has 0 unspecified atom stereocenters. The molecule has 2 atom stereocenters. The van der Waals surface area contributed by atoms with Gasteiger partial charge in [0.15, 0.2) is 0 Å². The van der Waals surface area contributed by atoms with Gasteiger partial charge in [0.1, 0.15) is 11.7 Å². The van der Waals surface area contributed by atoms with E-state index in [1.807, 2.05) is 6.92 Å². The first-order valence-corrected chi connectivity index (χ1v) is 10.0. The number of nitrogens with one attached hydrogen (secondary N) is 2. The van der Waals surface area contributed by atoms with E-state index in [4.69, 9.17) is 4.74 Å². The second-order valence-electron chi connectivity index (χ2n) is 6.98. The lowest BCUT2D eigenvalue weighted by Gasteiger charge is -2.29. The quantitative estimate of drug-likeness (QED) is 0.333. The zero-order valence-electron chi connectivity index (χ0n) is 17.0. The maximum absolute atomic E-state index is 12.8. The summed E-state index contributed by atoms with van der Waals surface area (Å²) in [5.74, 6) is -2.56. The molecule has 1 aromatic rings. The van der Waals surface area contributed by atoms with Gasteiger partial charge in [-0.15, -0.1) is 0 Å². The zero-order valence-corrected chi connectivity index (χ0v) is 17.0. The van der Waals surface area contributed by atoms with Crippen LogP contribution in [0.5, 0.6) is 0 Å². The summed E-state index contributed by atoms with van der Waals surface area (Å²) in [6, 6.07) is -1.21. The third-order valence-corrected chi connectivity index (χ3v) is 4.72. The average Bonchev–Trinajstić information content (AvgIpc) is 2.76. The summed E-state index contributed by atoms with van der Waals surface area (Å²) in [4.78, 5) is 47.2. The minimum atomic E-state index is -1.76. The minimum absolute atomic E-state index is 0.00107. The van der Waals surface area contributed by atoms with Crippen molar-refractivity contribution in [3.05, 3.63) is 24.3 Å². The van der Waals surface area contributed by atoms with E-state index in [9.17, 15) is 24.4 Å². The van der Waals surface area contributed by atoms with Gasteiger partial charge in [0.05, 0.1) is 31.8 Å². The molecule has 164 valence electrons. The Morgan fingerprint density at radius 3 is 2.57 bits per heavy atom. The van der Waals surface area contributed by atoms with Gasteiger partial charge in [-0.2, -0.15) is 0 Å². The number of morpholine rings is 1. The van der Waals surface area contributed by atoms with Gasteiger partial charge in [-0.3, -0.25) is 19.4 Å². The molecule has 3 amide bonds. The van der Waals surface area contributed by atoms with Crippen molar-refractivity contribution in [2.24, 2.45) is 0 Å². The first kappa shape index (κ1) is 23.7. The molecule has 0 spiro atoms. The number of carbonyl (C=O) groups excluding carboxylic acids is 3. The molecule has 11 nitrogen and oxygen atoms in total. The van der Waals surface area contributed by atoms with Gasteiger partial charge < -0.3 is 30.3 Å². The molecule has 1 aliphatic heterocycles. The van der Waals surface area contributed by atoms with Crippen LogP contribution in [0.2, 0.25) is 0 Å². The van der Waals surface area contributed by atoms with E-state index in [1.165, 1.54) is 18.6 Å². The van der Waals surface area contributed by atoms with Crippen molar-refractivity contribution >= 4 is 24.8 Å². The monoisotopic (exact) mass is 421 g/mol. The van der Waals surface area contributed by atoms with E-state index in [0.29, 0.717) is 39.1 Å². The van der Waals surface area contributed by atoms with Crippen molar-refractivity contribution in [3.8, 4) is 0 Å². The molecule has 30 heavy (non-hydrogen) atoms. The van der Waals surface area contributed by atoms with Gasteiger partial charge in [0, 0.05) is 25.5 Å². The molecule has 1 aromatic heterocycles. The molecule has 0 saturated carbocycles. The van der Waals surface area contributed by atoms with Crippen LogP contribution < -0.4 is 10.6 Å². The molecule has 2 rings (SSSR count). The minimum Gasteiger partial charge on any atom is -0.426 e. The highest BCUT2D eigenvalue weighted by molar-refractivity contribution is 6.43. The second kappa shape index (κ2) is 12.2. The van der Waals surface area contributed by atoms with Crippen molar-refractivity contribution in [1.82, 2.24) is 25.5 Å². The molecule has 1 aliphatic rings. The molecule has 12 heteroatoms. The van der Waals surface area contributed by atoms with Crippen molar-refractivity contribution in [2.75, 3.05) is 26.3 Å². The lowest BCUT2D eigenvalue weighted by molar-refractivity contribution is -0.138. The van der Waals surface area contributed by atoms with E-state index in [-0.39, 0.29) is 18.0 Å². The van der Waals surface area contributed by atoms with E-state index in [2.05, 4.69) is 20.6 Å². The molecular formula is C18H28BN5O6.